The quantitative estimate of drug-likeness (QED) is 0.355. The van der Waals surface area contributed by atoms with Crippen LogP contribution in [0.1, 0.15) is 96.8 Å². The summed E-state index contributed by atoms with van der Waals surface area (Å²) >= 11 is 0. The van der Waals surface area contributed by atoms with Crippen LogP contribution in [0.4, 0.5) is 4.79 Å². The normalized spacial score (nSPS) is 10.3. The Hall–Kier alpha value is -1.52. The topological polar surface area (TPSA) is 80.0 Å². The molecule has 2 N–H and O–H groups in total. The van der Waals surface area contributed by atoms with E-state index in [-0.39, 0.29) is 0 Å². The van der Waals surface area contributed by atoms with E-state index in [1.54, 1.807) is 0 Å². The molecule has 0 bridgehead atoms. The van der Waals surface area contributed by atoms with Crippen molar-refractivity contribution in [3.63, 3.8) is 0 Å². The molecule has 0 atom stereocenters. The zero-order chi connectivity index (χ0) is 18.6. The molecule has 0 spiro atoms. The van der Waals surface area contributed by atoms with Crippen molar-refractivity contribution < 1.29 is 19.6 Å². The fraction of sp³-hybridized carbons (Fsp3) is 0.800. The first-order valence-corrected chi connectivity index (χ1v) is 10.1. The molecule has 0 aromatic carbocycles. The second kappa shape index (κ2) is 18.8. The zero-order valence-electron chi connectivity index (χ0n) is 16.0. The van der Waals surface area contributed by atoms with Gasteiger partial charge in [-0.15, -0.1) is 0 Å². The third kappa shape index (κ3) is 20.4. The lowest BCUT2D eigenvalue weighted by atomic mass is 10.0. The largest absolute Gasteiger partial charge is 0.565 e. The fourth-order valence-corrected chi connectivity index (χ4v) is 2.95. The Morgan fingerprint density at radius 3 is 1.64 bits per heavy atom. The zero-order valence-corrected chi connectivity index (χ0v) is 16.0. The van der Waals surface area contributed by atoms with E-state index in [9.17, 15) is 0 Å². The van der Waals surface area contributed by atoms with Gasteiger partial charge in [0, 0.05) is 0 Å². The molecule has 5 nitrogen and oxygen atoms in total. The van der Waals surface area contributed by atoms with E-state index in [1.807, 2.05) is 12.5 Å². The van der Waals surface area contributed by atoms with Gasteiger partial charge in [0.25, 0.3) is 0 Å². The molecule has 0 aliphatic heterocycles. The molecule has 0 saturated carbocycles. The number of nitrogens with one attached hydrogen (secondary N) is 1. The minimum atomic E-state index is -2.08. The minimum Gasteiger partial charge on any atom is -0.565 e. The molecule has 146 valence electrons. The Morgan fingerprint density at radius 2 is 1.28 bits per heavy atom. The van der Waals surface area contributed by atoms with Crippen LogP contribution in [0.2, 0.25) is 0 Å². The lowest BCUT2D eigenvalue weighted by Crippen LogP contribution is -2.30. The smallest absolute Gasteiger partial charge is 0.249 e. The average molecular weight is 355 g/mol. The predicted octanol–water partition coefficient (Wildman–Crippen LogP) is 4.67. The van der Waals surface area contributed by atoms with Crippen molar-refractivity contribution >= 4 is 6.16 Å². The molecule has 0 fully saturated rings. The van der Waals surface area contributed by atoms with E-state index in [0.717, 1.165) is 0 Å². The molecule has 25 heavy (non-hydrogen) atoms. The van der Waals surface area contributed by atoms with E-state index in [0.29, 0.717) is 0 Å². The van der Waals surface area contributed by atoms with Crippen molar-refractivity contribution in [2.45, 2.75) is 103 Å². The van der Waals surface area contributed by atoms with E-state index in [2.05, 4.69) is 22.7 Å². The van der Waals surface area contributed by atoms with Crippen LogP contribution >= 0.6 is 0 Å². The first-order chi connectivity index (χ1) is 12.2. The highest BCUT2D eigenvalue weighted by molar-refractivity contribution is 5.50. The highest BCUT2D eigenvalue weighted by Crippen LogP contribution is 2.12. The number of carbonyl (C=O) groups is 1. The number of rotatable bonds is 15. The molecule has 1 heterocycles. The average Bonchev–Trinajstić information content (AvgIpc) is 3.08. The molecule has 0 amide bonds. The number of nitrogens with zero attached hydrogens (tertiary/aromatic N) is 1. The van der Waals surface area contributed by atoms with E-state index in [4.69, 9.17) is 15.0 Å². The van der Waals surface area contributed by atoms with Crippen LogP contribution < -0.4 is 9.67 Å². The molecule has 1 aromatic rings. The molecular weight excluding hydrogens is 316 g/mol. The van der Waals surface area contributed by atoms with Gasteiger partial charge in [-0.3, -0.25) is 4.98 Å². The number of aromatic nitrogens is 2. The van der Waals surface area contributed by atoms with Gasteiger partial charge >= 0.3 is 0 Å². The first-order valence-electron chi connectivity index (χ1n) is 10.1. The van der Waals surface area contributed by atoms with Gasteiger partial charge in [-0.25, -0.2) is 4.57 Å². The molecule has 0 unspecified atom stereocenters. The van der Waals surface area contributed by atoms with Gasteiger partial charge in [0.1, 0.15) is 12.4 Å². The van der Waals surface area contributed by atoms with Gasteiger partial charge in [-0.05, 0) is 12.8 Å². The van der Waals surface area contributed by atoms with Crippen molar-refractivity contribution in [2.24, 2.45) is 0 Å². The summed E-state index contributed by atoms with van der Waals surface area (Å²) in [6.45, 7) is 3.46. The van der Waals surface area contributed by atoms with Crippen LogP contribution in [-0.2, 0) is 6.54 Å². The molecule has 0 saturated heterocycles. The van der Waals surface area contributed by atoms with Crippen LogP contribution in [0.15, 0.2) is 18.7 Å². The van der Waals surface area contributed by atoms with Gasteiger partial charge in [0.05, 0.1) is 6.54 Å². The van der Waals surface area contributed by atoms with Gasteiger partial charge in [-0.2, -0.15) is 0 Å². The summed E-state index contributed by atoms with van der Waals surface area (Å²) in [7, 11) is 0. The maximum Gasteiger partial charge on any atom is 0.249 e. The summed E-state index contributed by atoms with van der Waals surface area (Å²) in [4.78, 5) is 11.5. The van der Waals surface area contributed by atoms with Crippen LogP contribution in [0.5, 0.6) is 0 Å². The third-order valence-electron chi connectivity index (χ3n) is 4.37. The van der Waals surface area contributed by atoms with Gasteiger partial charge in [0.15, 0.2) is 0 Å². The van der Waals surface area contributed by atoms with Gasteiger partial charge < -0.3 is 15.0 Å². The number of aromatic amines is 1. The molecule has 0 aliphatic rings. The van der Waals surface area contributed by atoms with Gasteiger partial charge in [-0.1, -0.05) is 84.0 Å². The van der Waals surface area contributed by atoms with Crippen molar-refractivity contribution in [2.75, 3.05) is 0 Å². The number of imidazole rings is 1. The highest BCUT2D eigenvalue weighted by Gasteiger charge is 1.97. The fourth-order valence-electron chi connectivity index (χ4n) is 2.95. The van der Waals surface area contributed by atoms with Crippen molar-refractivity contribution in [1.29, 1.82) is 0 Å². The lowest BCUT2D eigenvalue weighted by Gasteiger charge is -2.03. The maximum absolute atomic E-state index is 8.44. The molecule has 1 rings (SSSR count). The summed E-state index contributed by atoms with van der Waals surface area (Å²) in [5, 5.41) is 15.3. The number of aryl methyl sites for hydroxylation is 1. The summed E-state index contributed by atoms with van der Waals surface area (Å²) < 4.78 is 2.24. The van der Waals surface area contributed by atoms with Crippen molar-refractivity contribution in [3.8, 4) is 0 Å². The van der Waals surface area contributed by atoms with E-state index < -0.39 is 6.16 Å². The molecule has 0 radical (unpaired) electrons. The van der Waals surface area contributed by atoms with Crippen molar-refractivity contribution in [1.82, 2.24) is 4.98 Å². The molecule has 0 aliphatic carbocycles. The maximum atomic E-state index is 8.44. The summed E-state index contributed by atoms with van der Waals surface area (Å²) in [5.74, 6) is 0. The molecule has 5 heteroatoms. The van der Waals surface area contributed by atoms with E-state index >= 15 is 0 Å². The molecular formula is C20H38N2O3. The number of H-pyrrole nitrogens is 1. The Balaban J connectivity index is 0.00000129. The van der Waals surface area contributed by atoms with E-state index in [1.165, 1.54) is 96.4 Å². The monoisotopic (exact) mass is 354 g/mol. The SMILES string of the molecule is CCCCCCCCCCCCCCCC[n+]1cc[nH]c1.O=C([O-])O. The number of carboxylic acid groups (broad SMARTS) is 2. The van der Waals surface area contributed by atoms with Gasteiger partial charge in [0.2, 0.25) is 12.5 Å². The standard InChI is InChI=1S/C19H36N2.CH2O3/c1-2-3-4-5-6-7-8-9-10-11-12-13-14-15-17-21-18-16-20-19-21;2-1(3)4/h16,18-19H,2-15,17H2,1H3;(H2,2,3,4). The second-order valence-corrected chi connectivity index (χ2v) is 6.71. The first kappa shape index (κ1) is 23.5. The Morgan fingerprint density at radius 1 is 0.880 bits per heavy atom. The number of hydrogen-bond donors (Lipinski definition) is 2. The van der Waals surface area contributed by atoms with Crippen molar-refractivity contribution in [3.05, 3.63) is 18.7 Å². The van der Waals surface area contributed by atoms with Crippen LogP contribution in [0.25, 0.3) is 0 Å². The van der Waals surface area contributed by atoms with Crippen LogP contribution in [0, 0.1) is 0 Å². The Labute approximate surface area is 153 Å². The highest BCUT2D eigenvalue weighted by atomic mass is 16.6. The van der Waals surface area contributed by atoms with Crippen LogP contribution in [-0.4, -0.2) is 16.2 Å². The predicted molar refractivity (Wildman–Crippen MR) is 99.3 cm³/mol. The number of unbranched alkanes of at least 4 members (excludes halogenated alkanes) is 13. The lowest BCUT2D eigenvalue weighted by molar-refractivity contribution is -0.696. The minimum absolute atomic E-state index is 1.17. The van der Waals surface area contributed by atoms with Crippen LogP contribution in [0.3, 0.4) is 0 Å². The summed E-state index contributed by atoms with van der Waals surface area (Å²) in [5.41, 5.74) is 0. The number of hydrogen-bond acceptors (Lipinski definition) is 2. The second-order valence-electron chi connectivity index (χ2n) is 6.71. The summed E-state index contributed by atoms with van der Waals surface area (Å²) in [6.07, 6.45) is 24.1. The third-order valence-corrected chi connectivity index (χ3v) is 4.37. The Kier molecular flexibility index (Phi) is 17.7. The molecule has 1 aromatic heterocycles. The Bertz CT molecular complexity index is 376. The summed E-state index contributed by atoms with van der Waals surface area (Å²) in [6, 6.07) is 0.